The number of benzene rings is 3. The maximum absolute atomic E-state index is 14.7. The molecule has 1 aliphatic rings. The third kappa shape index (κ3) is 30.0. The van der Waals surface area contributed by atoms with Crippen LogP contribution in [0.15, 0.2) is 72.8 Å². The van der Waals surface area contributed by atoms with Gasteiger partial charge in [-0.15, -0.1) is 37.3 Å². The zero-order valence-electron chi connectivity index (χ0n) is 61.5. The van der Waals surface area contributed by atoms with Gasteiger partial charge in [0.25, 0.3) is 0 Å². The minimum atomic E-state index is -4.63. The number of halogens is 3. The number of aliphatic carboxylic acids is 3. The number of carboxylic acid groups (broad SMARTS) is 3. The molecule has 0 spiro atoms. The maximum atomic E-state index is 14.7. The molecule has 6 rings (SSSR count). The van der Waals surface area contributed by atoms with Crippen molar-refractivity contribution in [1.82, 2.24) is 66.9 Å². The summed E-state index contributed by atoms with van der Waals surface area (Å²) in [7, 11) is 2.92. The minimum absolute atomic E-state index is 0.0126. The molecular weight excluding hydrogens is 1450 g/mol. The fraction of sp³-hybridized carbons (Fsp3) is 0.521. The van der Waals surface area contributed by atoms with Crippen LogP contribution in [0.5, 0.6) is 5.75 Å². The van der Waals surface area contributed by atoms with Gasteiger partial charge in [-0.05, 0) is 127 Å². The number of anilines is 1. The van der Waals surface area contributed by atoms with Crippen molar-refractivity contribution in [3.05, 3.63) is 84.2 Å². The molecule has 0 radical (unpaired) electrons. The molecule has 2 aromatic heterocycles. The zero-order chi connectivity index (χ0) is 80.4. The summed E-state index contributed by atoms with van der Waals surface area (Å²) in [6.07, 6.45) is -5.06. The molecule has 1 aliphatic heterocycles. The second-order valence-electron chi connectivity index (χ2n) is 26.7. The van der Waals surface area contributed by atoms with Gasteiger partial charge in [0.15, 0.2) is 5.82 Å². The number of amides is 7. The molecule has 590 valence electrons. The van der Waals surface area contributed by atoms with Crippen LogP contribution in [0.25, 0.3) is 33.9 Å². The summed E-state index contributed by atoms with van der Waals surface area (Å²) in [6.45, 7) is 4.58. The first kappa shape index (κ1) is 88.7. The van der Waals surface area contributed by atoms with E-state index in [4.69, 9.17) is 14.3 Å². The second-order valence-corrected chi connectivity index (χ2v) is 28.1. The summed E-state index contributed by atoms with van der Waals surface area (Å²) < 4.78 is 45.6. The van der Waals surface area contributed by atoms with Crippen LogP contribution in [-0.2, 0) is 80.2 Å². The van der Waals surface area contributed by atoms with Gasteiger partial charge >= 0.3 is 30.2 Å². The number of aromatic nitrogens is 7. The first-order valence-electron chi connectivity index (χ1n) is 35.5. The van der Waals surface area contributed by atoms with E-state index in [2.05, 4.69) is 52.0 Å². The topological polar surface area (TPSA) is 458 Å². The molecule has 0 saturated carbocycles. The number of alkyl halides is 3. The average molecular weight is 1540 g/mol. The van der Waals surface area contributed by atoms with Crippen LogP contribution in [0.4, 0.5) is 18.9 Å². The Morgan fingerprint density at radius 3 is 1.93 bits per heavy atom. The highest BCUT2D eigenvalue weighted by Gasteiger charge is 2.40. The molecule has 109 heavy (non-hydrogen) atoms. The Labute approximate surface area is 631 Å². The number of hydrogen-bond acceptors (Lipinski definition) is 22. The van der Waals surface area contributed by atoms with Crippen LogP contribution in [0.3, 0.4) is 0 Å². The first-order valence-corrected chi connectivity index (χ1v) is 36.4. The number of carbonyl (C=O) groups is 12. The summed E-state index contributed by atoms with van der Waals surface area (Å²) >= 11 is 0.714. The number of nitrogens with one attached hydrogen (secondary N) is 5. The van der Waals surface area contributed by atoms with Crippen molar-refractivity contribution in [3.63, 3.8) is 0 Å². The summed E-state index contributed by atoms with van der Waals surface area (Å²) in [5, 5.41) is 64.9. The van der Waals surface area contributed by atoms with Crippen LogP contribution in [0.1, 0.15) is 148 Å². The van der Waals surface area contributed by atoms with Crippen LogP contribution in [-0.4, -0.2) is 202 Å². The second kappa shape index (κ2) is 44.4. The van der Waals surface area contributed by atoms with Crippen molar-refractivity contribution in [1.29, 1.82) is 0 Å². The van der Waals surface area contributed by atoms with Crippen molar-refractivity contribution in [2.75, 3.05) is 51.8 Å². The number of para-hydroxylation sites is 1. The third-order valence-electron chi connectivity index (χ3n) is 17.4. The Bertz CT molecular complexity index is 3990. The van der Waals surface area contributed by atoms with Gasteiger partial charge in [-0.25, -0.2) is 9.48 Å². The van der Waals surface area contributed by atoms with Gasteiger partial charge in [0.05, 0.1) is 46.9 Å². The first-order chi connectivity index (χ1) is 51.7. The summed E-state index contributed by atoms with van der Waals surface area (Å²) in [4.78, 5) is 178. The lowest BCUT2D eigenvalue weighted by Gasteiger charge is -2.31. The summed E-state index contributed by atoms with van der Waals surface area (Å²) in [5.41, 5.74) is 2.02. The van der Waals surface area contributed by atoms with E-state index in [1.54, 1.807) is 92.0 Å². The predicted octanol–water partition coefficient (Wildman–Crippen LogP) is 6.27. The van der Waals surface area contributed by atoms with E-state index in [9.17, 15) is 86.0 Å². The Hall–Kier alpha value is -10.9. The van der Waals surface area contributed by atoms with E-state index >= 15 is 0 Å². The number of ether oxygens (including phenoxy) is 1. The van der Waals surface area contributed by atoms with Crippen LogP contribution in [0, 0.1) is 24.2 Å². The smallest absolute Gasteiger partial charge is 0.405 e. The van der Waals surface area contributed by atoms with Gasteiger partial charge in [-0.2, -0.15) is 22.8 Å². The molecule has 0 aliphatic carbocycles. The van der Waals surface area contributed by atoms with Crippen molar-refractivity contribution in [2.45, 2.75) is 179 Å². The molecule has 0 bridgehead atoms. The van der Waals surface area contributed by atoms with Crippen molar-refractivity contribution in [2.24, 2.45) is 17.3 Å². The standard InChI is InChI=1S/C72H93F3N14O16S.CO2/c1-7-58(92)80-53(69(101)102)24-13-16-35-77-66(98)47(37-48(68(100)87(5)6)40-71(3,4)70(103)104)38-57(106-56(39-62(96)97)55(91)26-17-20-49(90)21-18-36-105-50-29-27-45(28-30-50)65-84-81-44(2)82-85-65)67(99)78-34-15-8-14-33-76-60(94)42-89-64-51-22-10-9-19-46(51)41-88(54-25-12-11-23-52(54)63(64)83-86-89)61(95)32-31-59(93)79-43-72(73,74)75;2-1-3/h9-12,19,22-23,25,27-30,47-48,53,56-57H,7-8,13-18,20-21,24,26,31-43H2,1-6H3,(H,76,94)(H,77,98)(H,78,99)(H,79,93)(H,80,92)(H,96,97)(H,101,102)(H,103,104);/t47?,48?,53-,56?,57?;/m0./s1. The predicted molar refractivity (Wildman–Crippen MR) is 387 cm³/mol. The molecule has 3 heterocycles. The monoisotopic (exact) mass is 1540 g/mol. The van der Waals surface area contributed by atoms with E-state index in [1.807, 2.05) is 0 Å². The lowest BCUT2D eigenvalue weighted by molar-refractivity contribution is -0.192. The van der Waals surface area contributed by atoms with Crippen molar-refractivity contribution in [3.8, 4) is 39.7 Å². The van der Waals surface area contributed by atoms with Crippen LogP contribution >= 0.6 is 11.8 Å². The van der Waals surface area contributed by atoms with Crippen LogP contribution in [0.2, 0.25) is 0 Å². The van der Waals surface area contributed by atoms with Gasteiger partial charge in [0.2, 0.25) is 47.2 Å². The molecule has 0 fully saturated rings. The quantitative estimate of drug-likeness (QED) is 0.0199. The summed E-state index contributed by atoms with van der Waals surface area (Å²) in [5.74, 6) is -10.0. The maximum Gasteiger partial charge on any atom is 0.405 e. The molecule has 7 amide bonds. The number of ketones is 2. The average Bonchev–Trinajstić information content (AvgIpc) is 1.68. The number of unbranched alkanes of at least 4 members (excludes halogenated alkanes) is 3. The molecule has 5 atom stereocenters. The normalized spacial score (nSPS) is 13.0. The Kier molecular flexibility index (Phi) is 36.1. The number of carbonyl (C=O) groups excluding carboxylic acids is 11. The van der Waals surface area contributed by atoms with Gasteiger partial charge in [0.1, 0.15) is 42.1 Å². The largest absolute Gasteiger partial charge is 0.494 e. The van der Waals surface area contributed by atoms with Gasteiger partial charge in [-0.3, -0.25) is 52.7 Å². The highest BCUT2D eigenvalue weighted by molar-refractivity contribution is 8.01. The van der Waals surface area contributed by atoms with E-state index in [0.29, 0.717) is 94.2 Å². The lowest BCUT2D eigenvalue weighted by atomic mass is 9.77. The number of Topliss-reactive ketones (excluding diaryl/α,β-unsaturated/α-hetero) is 2. The molecule has 0 saturated heterocycles. The molecular formula is C73H93F3N14O18S. The minimum Gasteiger partial charge on any atom is -0.494 e. The number of carboxylic acids is 3. The van der Waals surface area contributed by atoms with Crippen molar-refractivity contribution >= 4 is 94.4 Å². The van der Waals surface area contributed by atoms with E-state index in [1.165, 1.54) is 42.4 Å². The van der Waals surface area contributed by atoms with E-state index in [-0.39, 0.29) is 122 Å². The van der Waals surface area contributed by atoms with Crippen molar-refractivity contribution < 1.29 is 100 Å². The number of thioether (sulfide) groups is 1. The Morgan fingerprint density at radius 1 is 0.670 bits per heavy atom. The Balaban J connectivity index is 0.00000697. The Morgan fingerprint density at radius 2 is 1.29 bits per heavy atom. The molecule has 36 heteroatoms. The number of aryl methyl sites for hydroxylation is 1. The fourth-order valence-corrected chi connectivity index (χ4v) is 13.2. The van der Waals surface area contributed by atoms with Crippen LogP contribution < -0.4 is 36.2 Å². The highest BCUT2D eigenvalue weighted by atomic mass is 32.2. The number of rotatable bonds is 45. The molecule has 8 N–H and O–H groups in total. The fourth-order valence-electron chi connectivity index (χ4n) is 11.7. The summed E-state index contributed by atoms with van der Waals surface area (Å²) in [6, 6.07) is 19.5. The zero-order valence-corrected chi connectivity index (χ0v) is 62.3. The van der Waals surface area contributed by atoms with Gasteiger partial charge in [-0.1, -0.05) is 54.6 Å². The van der Waals surface area contributed by atoms with E-state index < -0.39 is 131 Å². The SMILES string of the molecule is CCC(=O)N[C@@H](CCCCNC(=O)C(CC(CC(C)(C)C(=O)O)C(=O)N(C)C)CC(SC(CC(=O)O)C(=O)CCCC(=O)CCCOc1ccc(-c2nnc(C)nn2)cc1)C(=O)NCCCCCNC(=O)Cn1nnc2c1-c1ccccc1CN(C(=O)CCC(=O)NCC(F)(F)F)c1ccccc1-2)C(=O)O.O=C=O. The number of hydrogen-bond donors (Lipinski definition) is 8. The van der Waals surface area contributed by atoms with E-state index in [0.717, 1.165) is 0 Å². The number of fused-ring (bicyclic) bond motifs is 5. The van der Waals surface area contributed by atoms with Gasteiger partial charge < -0.3 is 56.4 Å². The number of nitrogens with zero attached hydrogens (tertiary/aromatic N) is 9. The molecule has 4 unspecified atom stereocenters. The molecule has 3 aromatic carbocycles. The molecule has 5 aromatic rings. The lowest BCUT2D eigenvalue weighted by Crippen LogP contribution is -2.43. The highest BCUT2D eigenvalue weighted by Crippen LogP contribution is 2.42. The molecule has 32 nitrogen and oxygen atoms in total. The third-order valence-corrected chi connectivity index (χ3v) is 18.9. The van der Waals surface area contributed by atoms with Gasteiger partial charge in [0, 0.05) is 101 Å².